The number of carbonyl (C=O) groups is 1. The van der Waals surface area contributed by atoms with Crippen molar-refractivity contribution in [1.82, 2.24) is 5.32 Å². The fourth-order valence-electron chi connectivity index (χ4n) is 5.12. The Hall–Kier alpha value is -3.34. The van der Waals surface area contributed by atoms with Crippen molar-refractivity contribution >= 4 is 29.1 Å². The van der Waals surface area contributed by atoms with Gasteiger partial charge in [-0.1, -0.05) is 72.8 Å². The highest BCUT2D eigenvalue weighted by Crippen LogP contribution is 2.40. The molecule has 2 atom stereocenters. The number of fused-ring (bicyclic) bond motifs is 2. The summed E-state index contributed by atoms with van der Waals surface area (Å²) in [6, 6.07) is 29.4. The quantitative estimate of drug-likeness (QED) is 0.233. The highest BCUT2D eigenvalue weighted by atomic mass is 35.5. The molecule has 0 saturated heterocycles. The number of aryl methyl sites for hydroxylation is 1. The lowest BCUT2D eigenvalue weighted by Gasteiger charge is -2.33. The van der Waals surface area contributed by atoms with Crippen LogP contribution in [0.1, 0.15) is 45.0 Å². The molecule has 0 amide bonds. The van der Waals surface area contributed by atoms with Crippen LogP contribution in [-0.4, -0.2) is 32.3 Å². The number of rotatable bonds is 7. The zero-order valence-electron chi connectivity index (χ0n) is 20.7. The van der Waals surface area contributed by atoms with Crippen molar-refractivity contribution in [1.29, 1.82) is 0 Å². The number of benzene rings is 4. The van der Waals surface area contributed by atoms with Crippen LogP contribution in [0.4, 0.5) is 0 Å². The van der Waals surface area contributed by atoms with E-state index in [4.69, 9.17) is 9.47 Å². The van der Waals surface area contributed by atoms with Crippen molar-refractivity contribution in [2.24, 2.45) is 0 Å². The number of para-hydroxylation sites is 1. The Balaban J connectivity index is 0.00000304. The molecular formula is C31H32ClNO3. The molecule has 1 heterocycles. The molecule has 0 aromatic heterocycles. The Morgan fingerprint density at radius 2 is 1.78 bits per heavy atom. The molecule has 0 unspecified atom stereocenters. The summed E-state index contributed by atoms with van der Waals surface area (Å²) in [5.74, 6) is 0.787. The summed E-state index contributed by atoms with van der Waals surface area (Å²) in [6.07, 6.45) is 1.86. The van der Waals surface area contributed by atoms with E-state index in [0.717, 1.165) is 42.8 Å². The minimum Gasteiger partial charge on any atom is -0.489 e. The van der Waals surface area contributed by atoms with E-state index in [-0.39, 0.29) is 30.4 Å². The number of ether oxygens (including phenoxy) is 2. The first-order valence-corrected chi connectivity index (χ1v) is 12.3. The van der Waals surface area contributed by atoms with Crippen LogP contribution in [0.5, 0.6) is 5.75 Å². The second-order valence-corrected chi connectivity index (χ2v) is 9.22. The molecule has 0 bridgehead atoms. The Morgan fingerprint density at radius 3 is 2.64 bits per heavy atom. The zero-order chi connectivity index (χ0) is 24.2. The van der Waals surface area contributed by atoms with Crippen LogP contribution in [-0.2, 0) is 11.2 Å². The van der Waals surface area contributed by atoms with Gasteiger partial charge in [-0.2, -0.15) is 0 Å². The first kappa shape index (κ1) is 25.7. The van der Waals surface area contributed by atoms with E-state index in [0.29, 0.717) is 5.56 Å². The first-order valence-electron chi connectivity index (χ1n) is 12.3. The van der Waals surface area contributed by atoms with E-state index in [1.165, 1.54) is 29.0 Å². The van der Waals surface area contributed by atoms with Crippen molar-refractivity contribution in [2.75, 3.05) is 20.2 Å². The van der Waals surface area contributed by atoms with Gasteiger partial charge < -0.3 is 14.8 Å². The summed E-state index contributed by atoms with van der Waals surface area (Å²) in [5.41, 5.74) is 5.19. The first-order chi connectivity index (χ1) is 17.1. The van der Waals surface area contributed by atoms with Gasteiger partial charge in [-0.25, -0.2) is 4.79 Å². The van der Waals surface area contributed by atoms with Gasteiger partial charge in [0.2, 0.25) is 0 Å². The topological polar surface area (TPSA) is 47.6 Å². The number of hydrogen-bond donors (Lipinski definition) is 1. The second-order valence-electron chi connectivity index (χ2n) is 9.22. The molecule has 1 aliphatic rings. The van der Waals surface area contributed by atoms with E-state index in [1.807, 2.05) is 37.3 Å². The summed E-state index contributed by atoms with van der Waals surface area (Å²) in [4.78, 5) is 12.3. The molecule has 5 heteroatoms. The molecule has 36 heavy (non-hydrogen) atoms. The molecule has 0 spiro atoms. The lowest BCUT2D eigenvalue weighted by Crippen LogP contribution is -2.36. The molecule has 4 nitrogen and oxygen atoms in total. The molecule has 0 fully saturated rings. The summed E-state index contributed by atoms with van der Waals surface area (Å²) >= 11 is 0. The van der Waals surface area contributed by atoms with Gasteiger partial charge in [0.15, 0.2) is 0 Å². The minimum absolute atomic E-state index is 0. The molecule has 1 aliphatic heterocycles. The van der Waals surface area contributed by atoms with Crippen LogP contribution in [0.15, 0.2) is 84.9 Å². The van der Waals surface area contributed by atoms with Crippen LogP contribution >= 0.6 is 12.4 Å². The maximum atomic E-state index is 12.3. The standard InChI is InChI=1S/C31H31NO3.ClH/c1-21-14-15-24(18-28(21)31(33)34-2)29-19-25(35-30-13-6-5-12-27(29)30)20-32-17-16-23-10-7-9-22-8-3-4-11-26(22)23;/h3-15,18,25,29,32H,16-17,19-20H2,1-2H3;1H/t25-,29+;/m1./s1. The van der Waals surface area contributed by atoms with Gasteiger partial charge in [-0.05, 0) is 65.9 Å². The number of nitrogens with one attached hydrogen (secondary N) is 1. The fourth-order valence-corrected chi connectivity index (χ4v) is 5.12. The maximum Gasteiger partial charge on any atom is 0.338 e. The van der Waals surface area contributed by atoms with E-state index >= 15 is 0 Å². The van der Waals surface area contributed by atoms with Gasteiger partial charge in [0.25, 0.3) is 0 Å². The van der Waals surface area contributed by atoms with E-state index in [2.05, 4.69) is 59.9 Å². The second kappa shape index (κ2) is 11.6. The van der Waals surface area contributed by atoms with Crippen molar-refractivity contribution in [3.05, 3.63) is 113 Å². The average molecular weight is 502 g/mol. The minimum atomic E-state index is -0.295. The van der Waals surface area contributed by atoms with Gasteiger partial charge in [0, 0.05) is 18.0 Å². The largest absolute Gasteiger partial charge is 0.489 e. The van der Waals surface area contributed by atoms with Crippen LogP contribution in [0.3, 0.4) is 0 Å². The maximum absolute atomic E-state index is 12.3. The molecule has 0 radical (unpaired) electrons. The van der Waals surface area contributed by atoms with Gasteiger partial charge in [-0.3, -0.25) is 0 Å². The smallest absolute Gasteiger partial charge is 0.338 e. The van der Waals surface area contributed by atoms with Gasteiger partial charge in [-0.15, -0.1) is 12.4 Å². The monoisotopic (exact) mass is 501 g/mol. The van der Waals surface area contributed by atoms with Crippen molar-refractivity contribution in [2.45, 2.75) is 31.8 Å². The Labute approximate surface area is 219 Å². The Kier molecular flexibility index (Phi) is 8.29. The third-order valence-corrected chi connectivity index (χ3v) is 6.98. The van der Waals surface area contributed by atoms with Gasteiger partial charge >= 0.3 is 5.97 Å². The molecule has 1 N–H and O–H groups in total. The van der Waals surface area contributed by atoms with Crippen LogP contribution < -0.4 is 10.1 Å². The van der Waals surface area contributed by atoms with Crippen LogP contribution in [0.2, 0.25) is 0 Å². The highest BCUT2D eigenvalue weighted by molar-refractivity contribution is 5.91. The molecule has 4 aromatic carbocycles. The Morgan fingerprint density at radius 1 is 1.00 bits per heavy atom. The molecule has 4 aromatic rings. The van der Waals surface area contributed by atoms with Crippen molar-refractivity contribution < 1.29 is 14.3 Å². The van der Waals surface area contributed by atoms with Gasteiger partial charge in [0.05, 0.1) is 12.7 Å². The summed E-state index contributed by atoms with van der Waals surface area (Å²) in [6.45, 7) is 3.60. The Bertz CT molecular complexity index is 1350. The summed E-state index contributed by atoms with van der Waals surface area (Å²) in [5, 5.41) is 6.22. The number of carbonyl (C=O) groups excluding carboxylic acids is 1. The van der Waals surface area contributed by atoms with Crippen LogP contribution in [0, 0.1) is 6.92 Å². The van der Waals surface area contributed by atoms with Crippen molar-refractivity contribution in [3.63, 3.8) is 0 Å². The number of hydrogen-bond acceptors (Lipinski definition) is 4. The predicted molar refractivity (Wildman–Crippen MR) is 148 cm³/mol. The van der Waals surface area contributed by atoms with E-state index in [1.54, 1.807) is 0 Å². The molecule has 186 valence electrons. The fraction of sp³-hybridized carbons (Fsp3) is 0.258. The molecule has 0 saturated carbocycles. The van der Waals surface area contributed by atoms with Crippen molar-refractivity contribution in [3.8, 4) is 5.75 Å². The average Bonchev–Trinajstić information content (AvgIpc) is 2.90. The molecular weight excluding hydrogens is 470 g/mol. The van der Waals surface area contributed by atoms with E-state index in [9.17, 15) is 4.79 Å². The van der Waals surface area contributed by atoms with Crippen LogP contribution in [0.25, 0.3) is 10.8 Å². The lowest BCUT2D eigenvalue weighted by molar-refractivity contribution is 0.0599. The number of esters is 1. The number of halogens is 1. The number of methoxy groups -OCH3 is 1. The summed E-state index contributed by atoms with van der Waals surface area (Å²) < 4.78 is 11.4. The predicted octanol–water partition coefficient (Wildman–Crippen LogP) is 6.47. The third-order valence-electron chi connectivity index (χ3n) is 6.98. The SMILES string of the molecule is COC(=O)c1cc([C@@H]2C[C@H](CNCCc3cccc4ccccc34)Oc3ccccc32)ccc1C.Cl. The van der Waals surface area contributed by atoms with E-state index < -0.39 is 0 Å². The third kappa shape index (κ3) is 5.40. The molecule has 0 aliphatic carbocycles. The van der Waals surface area contributed by atoms with Gasteiger partial charge in [0.1, 0.15) is 11.9 Å². The zero-order valence-corrected chi connectivity index (χ0v) is 21.5. The lowest BCUT2D eigenvalue weighted by atomic mass is 9.83. The molecule has 5 rings (SSSR count). The summed E-state index contributed by atoms with van der Waals surface area (Å²) in [7, 11) is 1.43. The highest BCUT2D eigenvalue weighted by Gasteiger charge is 2.29. The normalized spacial score (nSPS) is 16.5.